The van der Waals surface area contributed by atoms with Crippen molar-refractivity contribution in [1.29, 1.82) is 0 Å². The molecule has 1 fully saturated rings. The quantitative estimate of drug-likeness (QED) is 0.721. The van der Waals surface area contributed by atoms with E-state index < -0.39 is 0 Å². The lowest BCUT2D eigenvalue weighted by Gasteiger charge is -2.19. The van der Waals surface area contributed by atoms with Crippen molar-refractivity contribution in [1.82, 2.24) is 15.5 Å². The first-order chi connectivity index (χ1) is 12.6. The van der Waals surface area contributed by atoms with E-state index in [0.717, 1.165) is 26.9 Å². The number of amides is 2. The third-order valence-corrected chi connectivity index (χ3v) is 5.51. The lowest BCUT2D eigenvalue weighted by molar-refractivity contribution is 0.0428. The number of anilines is 1. The molecule has 1 aliphatic heterocycles. The van der Waals surface area contributed by atoms with E-state index in [9.17, 15) is 4.79 Å². The molecule has 0 bridgehead atoms. The monoisotopic (exact) mass is 376 g/mol. The number of carbonyl (C=O) groups is 1. The second-order valence-electron chi connectivity index (χ2n) is 6.10. The van der Waals surface area contributed by atoms with Gasteiger partial charge in [0.05, 0.1) is 35.5 Å². The molecule has 8 heteroatoms. The van der Waals surface area contributed by atoms with Crippen molar-refractivity contribution in [3.05, 3.63) is 35.7 Å². The van der Waals surface area contributed by atoms with Gasteiger partial charge in [0, 0.05) is 17.2 Å². The van der Waals surface area contributed by atoms with Crippen molar-refractivity contribution >= 4 is 23.5 Å². The number of ether oxygens (including phenoxy) is 2. The predicted molar refractivity (Wildman–Crippen MR) is 101 cm³/mol. The number of nitrogens with one attached hydrogen (secondary N) is 3. The van der Waals surface area contributed by atoms with Crippen LogP contribution >= 0.6 is 11.8 Å². The Morgan fingerprint density at radius 2 is 2.19 bits per heavy atom. The largest absolute Gasteiger partial charge is 0.376 e. The Hall–Kier alpha value is -2.03. The summed E-state index contributed by atoms with van der Waals surface area (Å²) in [5, 5.41) is 13.1. The molecule has 26 heavy (non-hydrogen) atoms. The summed E-state index contributed by atoms with van der Waals surface area (Å²) in [5.41, 5.74) is 2.70. The molecule has 0 unspecified atom stereocenters. The Morgan fingerprint density at radius 3 is 2.92 bits per heavy atom. The zero-order valence-electron chi connectivity index (χ0n) is 15.2. The molecule has 2 heterocycles. The van der Waals surface area contributed by atoms with Gasteiger partial charge in [-0.15, -0.1) is 0 Å². The molecule has 0 spiro atoms. The second kappa shape index (κ2) is 8.57. The number of rotatable bonds is 6. The lowest BCUT2D eigenvalue weighted by Crippen LogP contribution is -2.45. The van der Waals surface area contributed by atoms with E-state index in [0.29, 0.717) is 19.8 Å². The van der Waals surface area contributed by atoms with Crippen LogP contribution in [0.1, 0.15) is 18.3 Å². The summed E-state index contributed by atoms with van der Waals surface area (Å²) in [6, 6.07) is 7.31. The third-order valence-electron chi connectivity index (χ3n) is 4.13. The van der Waals surface area contributed by atoms with E-state index in [1.165, 1.54) is 0 Å². The van der Waals surface area contributed by atoms with Crippen LogP contribution in [-0.2, 0) is 9.47 Å². The van der Waals surface area contributed by atoms with E-state index in [1.807, 2.05) is 45.0 Å². The Kier molecular flexibility index (Phi) is 6.18. The minimum Gasteiger partial charge on any atom is -0.376 e. The molecule has 1 aliphatic rings. The Bertz CT molecular complexity index is 745. The van der Waals surface area contributed by atoms with Crippen molar-refractivity contribution < 1.29 is 14.3 Å². The average Bonchev–Trinajstić information content (AvgIpc) is 3.18. The first kappa shape index (κ1) is 18.8. The van der Waals surface area contributed by atoms with Gasteiger partial charge in [0.2, 0.25) is 0 Å². The van der Waals surface area contributed by atoms with Crippen LogP contribution in [0.15, 0.2) is 34.1 Å². The van der Waals surface area contributed by atoms with Gasteiger partial charge in [-0.25, -0.2) is 4.79 Å². The Morgan fingerprint density at radius 1 is 1.38 bits per heavy atom. The van der Waals surface area contributed by atoms with Gasteiger partial charge in [-0.1, -0.05) is 23.9 Å². The fraction of sp³-hybridized carbons (Fsp3) is 0.444. The van der Waals surface area contributed by atoms with Gasteiger partial charge in [-0.05, 0) is 32.9 Å². The number of benzene rings is 1. The van der Waals surface area contributed by atoms with Crippen molar-refractivity contribution in [2.75, 3.05) is 25.1 Å². The molecule has 3 N–H and O–H groups in total. The fourth-order valence-electron chi connectivity index (χ4n) is 2.83. The number of aromatic amines is 1. The highest BCUT2D eigenvalue weighted by molar-refractivity contribution is 7.99. The molecule has 7 nitrogen and oxygen atoms in total. The van der Waals surface area contributed by atoms with Crippen molar-refractivity contribution in [3.63, 3.8) is 0 Å². The van der Waals surface area contributed by atoms with Crippen LogP contribution in [0.5, 0.6) is 0 Å². The number of aromatic nitrogens is 2. The second-order valence-corrected chi connectivity index (χ2v) is 7.15. The van der Waals surface area contributed by atoms with Gasteiger partial charge >= 0.3 is 6.03 Å². The van der Waals surface area contributed by atoms with Crippen LogP contribution in [-0.4, -0.2) is 48.2 Å². The molecule has 1 aromatic heterocycles. The van der Waals surface area contributed by atoms with Crippen LogP contribution in [0, 0.1) is 13.8 Å². The fourth-order valence-corrected chi connectivity index (χ4v) is 3.82. The molecule has 0 saturated carbocycles. The Balaban J connectivity index is 1.67. The van der Waals surface area contributed by atoms with Gasteiger partial charge < -0.3 is 20.1 Å². The highest BCUT2D eigenvalue weighted by atomic mass is 32.2. The van der Waals surface area contributed by atoms with Gasteiger partial charge in [-0.2, -0.15) is 5.10 Å². The summed E-state index contributed by atoms with van der Waals surface area (Å²) >= 11 is 1.58. The number of hydrogen-bond donors (Lipinski definition) is 3. The van der Waals surface area contributed by atoms with E-state index in [4.69, 9.17) is 9.47 Å². The number of nitrogens with zero attached hydrogens (tertiary/aromatic N) is 1. The molecule has 1 aromatic carbocycles. The molecular formula is C18H24N4O3S. The number of carbonyl (C=O) groups excluding carboxylic acids is 1. The molecule has 2 amide bonds. The highest BCUT2D eigenvalue weighted by Crippen LogP contribution is 2.36. The molecule has 2 atom stereocenters. The number of para-hydroxylation sites is 1. The highest BCUT2D eigenvalue weighted by Gasteiger charge is 2.30. The van der Waals surface area contributed by atoms with E-state index in [-0.39, 0.29) is 18.2 Å². The maximum Gasteiger partial charge on any atom is 0.319 e. The summed E-state index contributed by atoms with van der Waals surface area (Å²) in [4.78, 5) is 14.5. The van der Waals surface area contributed by atoms with Crippen LogP contribution in [0.3, 0.4) is 0 Å². The average molecular weight is 376 g/mol. The Labute approximate surface area is 157 Å². The minimum atomic E-state index is -0.265. The first-order valence-electron chi connectivity index (χ1n) is 8.63. The molecular weight excluding hydrogens is 352 g/mol. The molecule has 2 aromatic rings. The molecule has 3 rings (SSSR count). The minimum absolute atomic E-state index is 0.105. The van der Waals surface area contributed by atoms with Gasteiger partial charge in [0.1, 0.15) is 6.10 Å². The summed E-state index contributed by atoms with van der Waals surface area (Å²) in [6.07, 6.45) is -0.105. The summed E-state index contributed by atoms with van der Waals surface area (Å²) in [6.45, 7) is 7.44. The first-order valence-corrected chi connectivity index (χ1v) is 9.45. The molecule has 0 radical (unpaired) electrons. The summed E-state index contributed by atoms with van der Waals surface area (Å²) in [7, 11) is 0. The number of aryl methyl sites for hydroxylation is 2. The van der Waals surface area contributed by atoms with Crippen LogP contribution in [0.25, 0.3) is 0 Å². The number of H-pyrrole nitrogens is 1. The predicted octanol–water partition coefficient (Wildman–Crippen LogP) is 3.10. The van der Waals surface area contributed by atoms with Crippen molar-refractivity contribution in [2.45, 2.75) is 42.7 Å². The summed E-state index contributed by atoms with van der Waals surface area (Å²) in [5.74, 6) is 0. The maximum absolute atomic E-state index is 12.4. The van der Waals surface area contributed by atoms with Gasteiger partial charge in [0.25, 0.3) is 0 Å². The van der Waals surface area contributed by atoms with E-state index in [1.54, 1.807) is 11.8 Å². The topological polar surface area (TPSA) is 88.3 Å². The van der Waals surface area contributed by atoms with Gasteiger partial charge in [-0.3, -0.25) is 5.10 Å². The van der Waals surface area contributed by atoms with Crippen LogP contribution in [0.2, 0.25) is 0 Å². The number of urea groups is 1. The summed E-state index contributed by atoms with van der Waals surface area (Å²) < 4.78 is 11.0. The smallest absolute Gasteiger partial charge is 0.319 e. The SMILES string of the molecule is CCO[C@H]1COC[C@@H]1NC(=O)Nc1ccccc1Sc1c(C)n[nH]c1C. The zero-order chi connectivity index (χ0) is 18.5. The van der Waals surface area contributed by atoms with E-state index >= 15 is 0 Å². The zero-order valence-corrected chi connectivity index (χ0v) is 16.0. The van der Waals surface area contributed by atoms with Gasteiger partial charge in [0.15, 0.2) is 0 Å². The van der Waals surface area contributed by atoms with Crippen LogP contribution in [0.4, 0.5) is 10.5 Å². The molecule has 0 aliphatic carbocycles. The standard InChI is InChI=1S/C18H24N4O3S/c1-4-25-15-10-24-9-14(15)20-18(23)19-13-7-5-6-8-16(13)26-17-11(2)21-22-12(17)3/h5-8,14-15H,4,9-10H2,1-3H3,(H,21,22)(H2,19,20,23)/t14-,15-/m0/s1. The third kappa shape index (κ3) is 4.38. The van der Waals surface area contributed by atoms with Crippen molar-refractivity contribution in [2.24, 2.45) is 0 Å². The molecule has 1 saturated heterocycles. The van der Waals surface area contributed by atoms with Crippen LogP contribution < -0.4 is 10.6 Å². The maximum atomic E-state index is 12.4. The molecule has 140 valence electrons. The lowest BCUT2D eigenvalue weighted by atomic mass is 10.2. The van der Waals surface area contributed by atoms with Crippen molar-refractivity contribution in [3.8, 4) is 0 Å². The van der Waals surface area contributed by atoms with E-state index in [2.05, 4.69) is 20.8 Å². The normalized spacial score (nSPS) is 19.5. The number of hydrogen-bond acceptors (Lipinski definition) is 5.